The second-order valence-corrected chi connectivity index (χ2v) is 3.67. The van der Waals surface area contributed by atoms with E-state index in [9.17, 15) is 0 Å². The fourth-order valence-corrected chi connectivity index (χ4v) is 1.72. The molecule has 0 bridgehead atoms. The van der Waals surface area contributed by atoms with E-state index in [4.69, 9.17) is 11.6 Å². The minimum absolute atomic E-state index is 0.644. The normalized spacial score (nSPS) is 10.6. The molecule has 0 atom stereocenters. The average Bonchev–Trinajstić information content (AvgIpc) is 2.57. The highest BCUT2D eigenvalue weighted by Crippen LogP contribution is 2.21. The number of aromatic nitrogens is 3. The minimum Gasteiger partial charge on any atom is -0.237 e. The fraction of sp³-hybridized carbons (Fsp3) is 0.273. The fourth-order valence-electron chi connectivity index (χ4n) is 1.48. The third-order valence-electron chi connectivity index (χ3n) is 2.35. The van der Waals surface area contributed by atoms with Crippen LogP contribution < -0.4 is 0 Å². The van der Waals surface area contributed by atoms with Crippen molar-refractivity contribution >= 4 is 11.6 Å². The van der Waals surface area contributed by atoms with Gasteiger partial charge in [0.15, 0.2) is 5.82 Å². The molecule has 2 aromatic rings. The molecule has 0 aliphatic carbocycles. The molecule has 2 rings (SSSR count). The molecule has 0 aliphatic rings. The smallest absolute Gasteiger partial charge is 0.155 e. The molecule has 0 spiro atoms. The first-order valence-corrected chi connectivity index (χ1v) is 5.27. The molecule has 0 aromatic carbocycles. The van der Waals surface area contributed by atoms with E-state index in [2.05, 4.69) is 17.0 Å². The van der Waals surface area contributed by atoms with E-state index in [1.54, 1.807) is 10.9 Å². The van der Waals surface area contributed by atoms with Crippen molar-refractivity contribution in [3.8, 4) is 5.82 Å². The number of hydrogen-bond acceptors (Lipinski definition) is 2. The molecule has 0 amide bonds. The van der Waals surface area contributed by atoms with Crippen LogP contribution in [-0.2, 0) is 6.42 Å². The largest absolute Gasteiger partial charge is 0.237 e. The summed E-state index contributed by atoms with van der Waals surface area (Å²) in [6, 6.07) is 5.67. The average molecular weight is 222 g/mol. The summed E-state index contributed by atoms with van der Waals surface area (Å²) < 4.78 is 1.68. The SMILES string of the molecule is CCc1nn(-c2ccccn2)c(Cl)c1C. The van der Waals surface area contributed by atoms with Crippen LogP contribution in [0.25, 0.3) is 5.82 Å². The van der Waals surface area contributed by atoms with Crippen molar-refractivity contribution in [1.29, 1.82) is 0 Å². The maximum absolute atomic E-state index is 6.19. The summed E-state index contributed by atoms with van der Waals surface area (Å²) >= 11 is 6.19. The second-order valence-electron chi connectivity index (χ2n) is 3.32. The lowest BCUT2D eigenvalue weighted by Crippen LogP contribution is -1.99. The molecule has 0 fully saturated rings. The number of nitrogens with zero attached hydrogens (tertiary/aromatic N) is 3. The van der Waals surface area contributed by atoms with Crippen LogP contribution in [0.1, 0.15) is 18.2 Å². The first-order valence-electron chi connectivity index (χ1n) is 4.89. The zero-order valence-electron chi connectivity index (χ0n) is 8.74. The van der Waals surface area contributed by atoms with Gasteiger partial charge in [0.2, 0.25) is 0 Å². The zero-order valence-corrected chi connectivity index (χ0v) is 9.49. The quantitative estimate of drug-likeness (QED) is 0.781. The highest BCUT2D eigenvalue weighted by molar-refractivity contribution is 6.30. The maximum Gasteiger partial charge on any atom is 0.155 e. The summed E-state index contributed by atoms with van der Waals surface area (Å²) in [4.78, 5) is 4.21. The molecule has 0 saturated carbocycles. The van der Waals surface area contributed by atoms with Crippen molar-refractivity contribution in [3.05, 3.63) is 40.8 Å². The number of halogens is 1. The maximum atomic E-state index is 6.19. The number of rotatable bonds is 2. The van der Waals surface area contributed by atoms with Crippen molar-refractivity contribution < 1.29 is 0 Å². The van der Waals surface area contributed by atoms with Crippen LogP contribution in [0.2, 0.25) is 5.15 Å². The Balaban J connectivity index is 2.55. The Morgan fingerprint density at radius 1 is 1.40 bits per heavy atom. The van der Waals surface area contributed by atoms with Gasteiger partial charge in [-0.05, 0) is 25.5 Å². The number of aryl methyl sites for hydroxylation is 1. The monoisotopic (exact) mass is 221 g/mol. The molecule has 0 saturated heterocycles. The molecule has 0 radical (unpaired) electrons. The number of pyridine rings is 1. The molecule has 78 valence electrons. The number of hydrogen-bond donors (Lipinski definition) is 0. The van der Waals surface area contributed by atoms with E-state index in [-0.39, 0.29) is 0 Å². The van der Waals surface area contributed by atoms with Crippen molar-refractivity contribution in [3.63, 3.8) is 0 Å². The molecule has 15 heavy (non-hydrogen) atoms. The molecule has 4 heteroatoms. The van der Waals surface area contributed by atoms with Gasteiger partial charge in [0.25, 0.3) is 0 Å². The van der Waals surface area contributed by atoms with Crippen molar-refractivity contribution in [1.82, 2.24) is 14.8 Å². The van der Waals surface area contributed by atoms with Gasteiger partial charge in [-0.25, -0.2) is 9.67 Å². The van der Waals surface area contributed by atoms with Gasteiger partial charge in [-0.3, -0.25) is 0 Å². The van der Waals surface area contributed by atoms with Gasteiger partial charge in [-0.2, -0.15) is 5.10 Å². The molecule has 2 aromatic heterocycles. The van der Waals surface area contributed by atoms with E-state index in [0.29, 0.717) is 5.15 Å². The molecule has 3 nitrogen and oxygen atoms in total. The van der Waals surface area contributed by atoms with E-state index < -0.39 is 0 Å². The standard InChI is InChI=1S/C11H12ClN3/c1-3-9-8(2)11(12)15(14-9)10-6-4-5-7-13-10/h4-7H,3H2,1-2H3. The Bertz CT molecular complexity index is 462. The molecular weight excluding hydrogens is 210 g/mol. The lowest BCUT2D eigenvalue weighted by atomic mass is 10.2. The van der Waals surface area contributed by atoms with Gasteiger partial charge >= 0.3 is 0 Å². The third kappa shape index (κ3) is 1.75. The summed E-state index contributed by atoms with van der Waals surface area (Å²) in [5.41, 5.74) is 2.05. The summed E-state index contributed by atoms with van der Waals surface area (Å²) in [6.07, 6.45) is 2.61. The lowest BCUT2D eigenvalue weighted by Gasteiger charge is -2.00. The highest BCUT2D eigenvalue weighted by atomic mass is 35.5. The Kier molecular flexibility index (Phi) is 2.73. The Morgan fingerprint density at radius 2 is 2.20 bits per heavy atom. The topological polar surface area (TPSA) is 30.7 Å². The summed E-state index contributed by atoms with van der Waals surface area (Å²) in [6.45, 7) is 4.04. The van der Waals surface area contributed by atoms with E-state index in [1.807, 2.05) is 25.1 Å². The van der Waals surface area contributed by atoms with Gasteiger partial charge in [-0.1, -0.05) is 24.6 Å². The van der Waals surface area contributed by atoms with Crippen LogP contribution in [-0.4, -0.2) is 14.8 Å². The molecule has 0 aliphatic heterocycles. The molecular formula is C11H12ClN3. The van der Waals surface area contributed by atoms with E-state index >= 15 is 0 Å². The van der Waals surface area contributed by atoms with Gasteiger partial charge < -0.3 is 0 Å². The molecule has 0 unspecified atom stereocenters. The van der Waals surface area contributed by atoms with Crippen LogP contribution in [0, 0.1) is 6.92 Å². The van der Waals surface area contributed by atoms with Crippen molar-refractivity contribution in [2.24, 2.45) is 0 Å². The van der Waals surface area contributed by atoms with Gasteiger partial charge in [0.1, 0.15) is 5.15 Å². The predicted molar refractivity (Wildman–Crippen MR) is 60.5 cm³/mol. The molecule has 0 N–H and O–H groups in total. The third-order valence-corrected chi connectivity index (χ3v) is 2.79. The summed E-state index contributed by atoms with van der Waals surface area (Å²) in [5.74, 6) is 0.755. The molecule has 2 heterocycles. The predicted octanol–water partition coefficient (Wildman–Crippen LogP) is 2.79. The van der Waals surface area contributed by atoms with Crippen molar-refractivity contribution in [2.75, 3.05) is 0 Å². The lowest BCUT2D eigenvalue weighted by molar-refractivity contribution is 0.816. The zero-order chi connectivity index (χ0) is 10.8. The highest BCUT2D eigenvalue weighted by Gasteiger charge is 2.12. The van der Waals surface area contributed by atoms with Crippen molar-refractivity contribution in [2.45, 2.75) is 20.3 Å². The van der Waals surface area contributed by atoms with Crippen LogP contribution >= 0.6 is 11.6 Å². The summed E-state index contributed by atoms with van der Waals surface area (Å²) in [5, 5.41) is 5.06. The van der Waals surface area contributed by atoms with Gasteiger partial charge in [0, 0.05) is 11.8 Å². The van der Waals surface area contributed by atoms with E-state index in [1.165, 1.54) is 0 Å². The second kappa shape index (κ2) is 4.03. The Morgan fingerprint density at radius 3 is 2.73 bits per heavy atom. The van der Waals surface area contributed by atoms with Crippen LogP contribution in [0.15, 0.2) is 24.4 Å². The first-order chi connectivity index (χ1) is 7.24. The van der Waals surface area contributed by atoms with Crippen LogP contribution in [0.3, 0.4) is 0 Å². The summed E-state index contributed by atoms with van der Waals surface area (Å²) in [7, 11) is 0. The van der Waals surface area contributed by atoms with E-state index in [0.717, 1.165) is 23.5 Å². The Labute approximate surface area is 93.7 Å². The minimum atomic E-state index is 0.644. The Hall–Kier alpha value is -1.35. The van der Waals surface area contributed by atoms with Gasteiger partial charge in [0.05, 0.1) is 5.69 Å². The van der Waals surface area contributed by atoms with Gasteiger partial charge in [-0.15, -0.1) is 0 Å². The first kappa shape index (κ1) is 10.2. The van der Waals surface area contributed by atoms with Crippen LogP contribution in [0.4, 0.5) is 0 Å². The van der Waals surface area contributed by atoms with Crippen LogP contribution in [0.5, 0.6) is 0 Å².